The molecule has 3 rings (SSSR count). The summed E-state index contributed by atoms with van der Waals surface area (Å²) in [6, 6.07) is 17.4. The van der Waals surface area contributed by atoms with Crippen molar-refractivity contribution in [2.75, 3.05) is 46.1 Å². The molecule has 55 heavy (non-hydrogen) atoms. The van der Waals surface area contributed by atoms with E-state index in [0.29, 0.717) is 12.8 Å². The molecule has 0 spiro atoms. The van der Waals surface area contributed by atoms with Gasteiger partial charge in [-0.25, -0.2) is 9.59 Å². The highest BCUT2D eigenvalue weighted by Crippen LogP contribution is 2.25. The Hall–Kier alpha value is -4.19. The van der Waals surface area contributed by atoms with Crippen LogP contribution in [0.25, 0.3) is 0 Å². The van der Waals surface area contributed by atoms with Crippen molar-refractivity contribution in [1.82, 2.24) is 10.2 Å². The predicted molar refractivity (Wildman–Crippen MR) is 224 cm³/mol. The van der Waals surface area contributed by atoms with Crippen LogP contribution < -0.4 is 11.1 Å². The van der Waals surface area contributed by atoms with Crippen LogP contribution >= 0.6 is 11.6 Å². The first-order valence-electron chi connectivity index (χ1n) is 18.7. The number of carbonyl (C=O) groups excluding carboxylic acids is 4. The number of alkyl carbamates (subject to hydrolysis) is 1. The number of hydrogen-bond acceptors (Lipinski definition) is 9. The highest BCUT2D eigenvalue weighted by molar-refractivity contribution is 6.61. The largest absolute Gasteiger partial charge is 0.441 e. The molecule has 0 saturated carbocycles. The minimum atomic E-state index is -0.863. The third-order valence-corrected chi connectivity index (χ3v) is 7.47. The molecule has 1 saturated heterocycles. The van der Waals surface area contributed by atoms with Crippen LogP contribution in [0.4, 0.5) is 9.59 Å². The highest BCUT2D eigenvalue weighted by atomic mass is 35.5. The van der Waals surface area contributed by atoms with Gasteiger partial charge >= 0.3 is 11.5 Å². The molecule has 1 aliphatic rings. The van der Waals surface area contributed by atoms with Crippen molar-refractivity contribution in [1.29, 1.82) is 0 Å². The molecule has 0 aromatic heterocycles. The summed E-state index contributed by atoms with van der Waals surface area (Å²) in [6.45, 7) is 24.0. The fraction of sp³-hybridized carbons (Fsp3) is 0.545. The van der Waals surface area contributed by atoms with Gasteiger partial charge in [0.15, 0.2) is 24.8 Å². The first-order chi connectivity index (χ1) is 25.8. The van der Waals surface area contributed by atoms with Crippen molar-refractivity contribution in [3.05, 3.63) is 71.8 Å². The van der Waals surface area contributed by atoms with Gasteiger partial charge in [-0.1, -0.05) is 135 Å². The zero-order valence-electron chi connectivity index (χ0n) is 34.6. The molecule has 1 fully saturated rings. The number of ketones is 2. The maximum Gasteiger partial charge on any atom is 0.408 e. The maximum absolute atomic E-state index is 12.5. The zero-order chi connectivity index (χ0) is 42.3. The summed E-state index contributed by atoms with van der Waals surface area (Å²) in [5.41, 5.74) is 6.50. The van der Waals surface area contributed by atoms with E-state index >= 15 is 0 Å². The first-order valence-corrected chi connectivity index (χ1v) is 19.1. The van der Waals surface area contributed by atoms with Gasteiger partial charge in [-0.3, -0.25) is 9.59 Å². The Morgan fingerprint density at radius 2 is 1.18 bits per heavy atom. The van der Waals surface area contributed by atoms with Crippen molar-refractivity contribution in [2.45, 2.75) is 100 Å². The summed E-state index contributed by atoms with van der Waals surface area (Å²) in [7, 11) is 0. The fourth-order valence-corrected chi connectivity index (χ4v) is 4.70. The number of hydrogen-bond donors (Lipinski definition) is 2. The number of nitrogens with one attached hydrogen (secondary N) is 1. The number of benzene rings is 2. The number of ether oxygens (including phenoxy) is 3. The molecule has 0 unspecified atom stereocenters. The van der Waals surface area contributed by atoms with Crippen molar-refractivity contribution in [3.63, 3.8) is 0 Å². The number of amides is 1. The third kappa shape index (κ3) is 30.8. The average Bonchev–Trinajstić information content (AvgIpc) is 3.73. The van der Waals surface area contributed by atoms with E-state index in [-0.39, 0.29) is 35.6 Å². The number of carbonyl (C=O) groups is 4. The van der Waals surface area contributed by atoms with Crippen LogP contribution in [0, 0.1) is 35.5 Å². The van der Waals surface area contributed by atoms with Crippen molar-refractivity contribution in [3.8, 4) is 24.7 Å². The second-order valence-electron chi connectivity index (χ2n) is 14.7. The Balaban J connectivity index is 0. The number of nitrogens with zero attached hydrogens (tertiary/aromatic N) is 1. The van der Waals surface area contributed by atoms with Crippen molar-refractivity contribution in [2.24, 2.45) is 16.6 Å². The van der Waals surface area contributed by atoms with Crippen LogP contribution in [0.1, 0.15) is 111 Å². The standard InChI is InChI=1S/C17H21NO3.C13H19NO.C6H15N.C4H3ClO2.C4H8O/c1-5-11-21-16(20)18-15(13-9-7-6-8-10-13)14(19)12-17(2,3)4;1-13(2,3)9-11(15)12(14)10-7-5-4-6-8-10;1-4-7(5-2)6-3;1-2-3-7-4(5)6;1-2-4-5-3-1/h1,6-10,15H,11-12H2,2-4H3,(H,18,20);4-8,12H,9,14H2,1-3H3;4-6H2,1-3H3;1H,3H2;1-4H2/t15-;12-;;;/m11.../s1. The molecule has 0 aliphatic carbocycles. The lowest BCUT2D eigenvalue weighted by Gasteiger charge is -2.23. The molecule has 10 nitrogen and oxygen atoms in total. The van der Waals surface area contributed by atoms with E-state index in [2.05, 4.69) is 47.6 Å². The first kappa shape index (κ1) is 52.9. The van der Waals surface area contributed by atoms with Crippen LogP contribution in [-0.2, 0) is 23.8 Å². The summed E-state index contributed by atoms with van der Waals surface area (Å²) in [5, 5.41) is 2.58. The lowest BCUT2D eigenvalue weighted by atomic mass is 9.86. The summed E-state index contributed by atoms with van der Waals surface area (Å²) in [5.74, 6) is 4.32. The van der Waals surface area contributed by atoms with E-state index in [1.54, 1.807) is 12.1 Å². The Kier molecular flexibility index (Phi) is 29.9. The molecule has 306 valence electrons. The molecule has 1 amide bonds. The maximum atomic E-state index is 12.5. The third-order valence-electron chi connectivity index (χ3n) is 7.36. The minimum Gasteiger partial charge on any atom is -0.441 e. The van der Waals surface area contributed by atoms with Crippen molar-refractivity contribution >= 4 is 34.7 Å². The lowest BCUT2D eigenvalue weighted by molar-refractivity contribution is -0.123. The normalized spacial score (nSPS) is 12.7. The van der Waals surface area contributed by atoms with E-state index in [4.69, 9.17) is 39.7 Å². The molecule has 0 bridgehead atoms. The zero-order valence-corrected chi connectivity index (χ0v) is 35.4. The monoisotopic (exact) mass is 783 g/mol. The van der Waals surface area contributed by atoms with Gasteiger partial charge in [-0.15, -0.1) is 12.8 Å². The molecule has 2 aromatic rings. The molecule has 1 heterocycles. The van der Waals surface area contributed by atoms with Gasteiger partial charge in [0.2, 0.25) is 0 Å². The van der Waals surface area contributed by atoms with Gasteiger partial charge in [0, 0.05) is 37.7 Å². The highest BCUT2D eigenvalue weighted by Gasteiger charge is 2.27. The lowest BCUT2D eigenvalue weighted by Crippen LogP contribution is -2.35. The van der Waals surface area contributed by atoms with Crippen LogP contribution in [0.15, 0.2) is 60.7 Å². The summed E-state index contributed by atoms with van der Waals surface area (Å²) < 4.78 is 13.8. The molecule has 1 aliphatic heterocycles. The molecule has 0 radical (unpaired) electrons. The number of halogens is 1. The molecule has 2 atom stereocenters. The molecular weight excluding hydrogens is 718 g/mol. The second-order valence-corrected chi connectivity index (χ2v) is 15.0. The van der Waals surface area contributed by atoms with Crippen LogP contribution in [-0.4, -0.2) is 74.0 Å². The van der Waals surface area contributed by atoms with Crippen LogP contribution in [0.2, 0.25) is 0 Å². The fourth-order valence-electron chi connectivity index (χ4n) is 4.65. The summed E-state index contributed by atoms with van der Waals surface area (Å²) >= 11 is 4.70. The van der Waals surface area contributed by atoms with E-state index in [1.165, 1.54) is 32.5 Å². The van der Waals surface area contributed by atoms with E-state index < -0.39 is 23.6 Å². The van der Waals surface area contributed by atoms with E-state index in [9.17, 15) is 19.2 Å². The van der Waals surface area contributed by atoms with Gasteiger partial charge in [0.05, 0.1) is 6.04 Å². The SMILES string of the molecule is C#CCOC(=O)Cl.C#CCOC(=O)N[C@@H](C(=O)CC(C)(C)C)c1ccccc1.C1CCOC1.CC(C)(C)CC(=O)[C@H](N)c1ccccc1.CCN(CC)CC. The van der Waals surface area contributed by atoms with Gasteiger partial charge in [-0.05, 0) is 54.4 Å². The van der Waals surface area contributed by atoms with Gasteiger partial charge in [0.25, 0.3) is 0 Å². The molecule has 2 aromatic carbocycles. The van der Waals surface area contributed by atoms with Crippen LogP contribution in [0.5, 0.6) is 0 Å². The Morgan fingerprint density at radius 3 is 1.51 bits per heavy atom. The molecular formula is C44H66ClN3O7. The molecule has 11 heteroatoms. The minimum absolute atomic E-state index is 0.00346. The van der Waals surface area contributed by atoms with Gasteiger partial charge in [-0.2, -0.15) is 0 Å². The summed E-state index contributed by atoms with van der Waals surface area (Å²) in [6.07, 6.45) is 12.5. The number of nitrogens with two attached hydrogens (primary N) is 1. The topological polar surface area (TPSA) is 137 Å². The Morgan fingerprint density at radius 1 is 0.764 bits per heavy atom. The Bertz CT molecular complexity index is 1400. The number of terminal acetylenes is 2. The van der Waals surface area contributed by atoms with E-state index in [0.717, 1.165) is 24.3 Å². The summed E-state index contributed by atoms with van der Waals surface area (Å²) in [4.78, 5) is 48.0. The van der Waals surface area contributed by atoms with Gasteiger partial charge < -0.3 is 30.2 Å². The van der Waals surface area contributed by atoms with E-state index in [1.807, 2.05) is 90.1 Å². The van der Waals surface area contributed by atoms with Crippen LogP contribution in [0.3, 0.4) is 0 Å². The quantitative estimate of drug-likeness (QED) is 0.160. The number of Topliss-reactive ketones (excluding diaryl/α,β-unsaturated/α-hetero) is 2. The predicted octanol–water partition coefficient (Wildman–Crippen LogP) is 8.92. The second kappa shape index (κ2) is 31.1. The molecule has 3 N–H and O–H groups in total. The Labute approximate surface area is 336 Å². The number of rotatable bonds is 12. The average molecular weight is 784 g/mol. The smallest absolute Gasteiger partial charge is 0.408 e. The van der Waals surface area contributed by atoms with Gasteiger partial charge in [0.1, 0.15) is 6.04 Å². The van der Waals surface area contributed by atoms with Crippen molar-refractivity contribution < 1.29 is 33.4 Å².